The number of benzene rings is 2. The van der Waals surface area contributed by atoms with E-state index in [-0.39, 0.29) is 12.0 Å². The molecule has 2 aliphatic rings. The number of aromatic nitrogens is 2. The Morgan fingerprint density at radius 1 is 1.09 bits per heavy atom. The molecule has 0 radical (unpaired) electrons. The number of fused-ring (bicyclic) bond motifs is 1. The molecule has 0 bridgehead atoms. The fourth-order valence-electron chi connectivity index (χ4n) is 5.58. The lowest BCUT2D eigenvalue weighted by atomic mass is 9.91. The Hall–Kier alpha value is -2.67. The molecule has 0 saturated heterocycles. The summed E-state index contributed by atoms with van der Waals surface area (Å²) in [5, 5.41) is 13.7. The molecule has 1 aliphatic carbocycles. The van der Waals surface area contributed by atoms with E-state index in [0.717, 1.165) is 89.5 Å². The minimum Gasteiger partial charge on any atom is -0.393 e. The SMILES string of the molecule is Cc1cccc(-c2cccc(NC(=O)c3nc4c(n3C)CCN(C3CCC(O)CC3)C4)c2C)c1Cl. The predicted molar refractivity (Wildman–Crippen MR) is 140 cm³/mol. The van der Waals surface area contributed by atoms with Gasteiger partial charge in [0.15, 0.2) is 5.82 Å². The molecule has 2 N–H and O–H groups in total. The summed E-state index contributed by atoms with van der Waals surface area (Å²) >= 11 is 6.59. The topological polar surface area (TPSA) is 70.4 Å². The number of hydrogen-bond acceptors (Lipinski definition) is 4. The Balaban J connectivity index is 1.36. The fourth-order valence-corrected chi connectivity index (χ4v) is 5.81. The van der Waals surface area contributed by atoms with E-state index in [1.165, 1.54) is 0 Å². The van der Waals surface area contributed by atoms with E-state index in [9.17, 15) is 9.90 Å². The van der Waals surface area contributed by atoms with Gasteiger partial charge in [0.25, 0.3) is 5.91 Å². The zero-order valence-corrected chi connectivity index (χ0v) is 21.4. The van der Waals surface area contributed by atoms with Gasteiger partial charge in [0.2, 0.25) is 0 Å². The normalized spacial score (nSPS) is 20.5. The second kappa shape index (κ2) is 9.76. The smallest absolute Gasteiger partial charge is 0.291 e. The summed E-state index contributed by atoms with van der Waals surface area (Å²) in [4.78, 5) is 20.6. The number of imidazole rings is 1. The molecule has 184 valence electrons. The number of carbonyl (C=O) groups is 1. The molecular formula is C28H33ClN4O2. The highest BCUT2D eigenvalue weighted by Crippen LogP contribution is 2.35. The number of aliphatic hydroxyl groups excluding tert-OH is 1. The highest BCUT2D eigenvalue weighted by molar-refractivity contribution is 6.34. The third-order valence-corrected chi connectivity index (χ3v) is 8.24. The van der Waals surface area contributed by atoms with Crippen LogP contribution in [0.3, 0.4) is 0 Å². The van der Waals surface area contributed by atoms with Crippen molar-refractivity contribution in [2.24, 2.45) is 7.05 Å². The maximum atomic E-state index is 13.3. The summed E-state index contributed by atoms with van der Waals surface area (Å²) in [6.45, 7) is 5.73. The van der Waals surface area contributed by atoms with Gasteiger partial charge in [-0.25, -0.2) is 4.98 Å². The van der Waals surface area contributed by atoms with Crippen molar-refractivity contribution in [2.75, 3.05) is 11.9 Å². The van der Waals surface area contributed by atoms with E-state index in [2.05, 4.69) is 10.2 Å². The first-order valence-corrected chi connectivity index (χ1v) is 12.8. The lowest BCUT2D eigenvalue weighted by Crippen LogP contribution is -2.42. The van der Waals surface area contributed by atoms with Crippen LogP contribution in [0.5, 0.6) is 0 Å². The molecule has 1 fully saturated rings. The van der Waals surface area contributed by atoms with Crippen molar-refractivity contribution in [1.29, 1.82) is 0 Å². The summed E-state index contributed by atoms with van der Waals surface area (Å²) in [5.41, 5.74) is 6.85. The number of amides is 1. The first kappa shape index (κ1) is 24.0. The van der Waals surface area contributed by atoms with Gasteiger partial charge in [-0.2, -0.15) is 0 Å². The van der Waals surface area contributed by atoms with Crippen LogP contribution in [0.15, 0.2) is 36.4 Å². The summed E-state index contributed by atoms with van der Waals surface area (Å²) < 4.78 is 1.95. The molecule has 2 heterocycles. The lowest BCUT2D eigenvalue weighted by molar-refractivity contribution is 0.0668. The molecule has 3 aromatic rings. The number of nitrogens with one attached hydrogen (secondary N) is 1. The molecule has 5 rings (SSSR count). The van der Waals surface area contributed by atoms with Crippen LogP contribution in [0.1, 0.15) is 58.8 Å². The average molecular weight is 493 g/mol. The number of nitrogens with zero attached hydrogens (tertiary/aromatic N) is 3. The van der Waals surface area contributed by atoms with Crippen molar-refractivity contribution in [1.82, 2.24) is 14.5 Å². The monoisotopic (exact) mass is 492 g/mol. The van der Waals surface area contributed by atoms with Crippen LogP contribution < -0.4 is 5.32 Å². The molecule has 35 heavy (non-hydrogen) atoms. The van der Waals surface area contributed by atoms with Crippen LogP contribution in [-0.4, -0.2) is 44.2 Å². The summed E-state index contributed by atoms with van der Waals surface area (Å²) in [5.74, 6) is 0.235. The van der Waals surface area contributed by atoms with Crippen LogP contribution in [-0.2, 0) is 20.0 Å². The molecule has 0 spiro atoms. The van der Waals surface area contributed by atoms with Crippen LogP contribution in [0.2, 0.25) is 5.02 Å². The minimum atomic E-state index is -0.204. The van der Waals surface area contributed by atoms with Gasteiger partial charge in [0.05, 0.1) is 16.8 Å². The van der Waals surface area contributed by atoms with Gasteiger partial charge >= 0.3 is 0 Å². The zero-order valence-electron chi connectivity index (χ0n) is 20.6. The van der Waals surface area contributed by atoms with Crippen LogP contribution in [0.25, 0.3) is 11.1 Å². The van der Waals surface area contributed by atoms with E-state index < -0.39 is 0 Å². The first-order chi connectivity index (χ1) is 16.8. The molecule has 1 saturated carbocycles. The number of hydrogen-bond donors (Lipinski definition) is 2. The zero-order chi connectivity index (χ0) is 24.7. The predicted octanol–water partition coefficient (Wildman–Crippen LogP) is 5.27. The number of anilines is 1. The van der Waals surface area contributed by atoms with Crippen molar-refractivity contribution in [3.63, 3.8) is 0 Å². The number of aliphatic hydroxyl groups is 1. The van der Waals surface area contributed by atoms with Crippen LogP contribution in [0, 0.1) is 13.8 Å². The summed E-state index contributed by atoms with van der Waals surface area (Å²) in [6, 6.07) is 12.4. The van der Waals surface area contributed by atoms with Crippen molar-refractivity contribution in [2.45, 2.75) is 64.6 Å². The molecule has 2 aromatic carbocycles. The van der Waals surface area contributed by atoms with E-state index >= 15 is 0 Å². The van der Waals surface area contributed by atoms with Gasteiger partial charge < -0.3 is 15.0 Å². The van der Waals surface area contributed by atoms with Crippen molar-refractivity contribution in [3.05, 3.63) is 69.8 Å². The van der Waals surface area contributed by atoms with Crippen molar-refractivity contribution in [3.8, 4) is 11.1 Å². The summed E-state index contributed by atoms with van der Waals surface area (Å²) in [6.07, 6.45) is 4.52. The molecule has 0 unspecified atom stereocenters. The maximum Gasteiger partial charge on any atom is 0.291 e. The maximum absolute atomic E-state index is 13.3. The van der Waals surface area contributed by atoms with E-state index in [4.69, 9.17) is 16.6 Å². The molecule has 0 atom stereocenters. The van der Waals surface area contributed by atoms with E-state index in [1.54, 1.807) is 0 Å². The highest BCUT2D eigenvalue weighted by atomic mass is 35.5. The van der Waals surface area contributed by atoms with Crippen molar-refractivity contribution < 1.29 is 9.90 Å². The molecule has 7 heteroatoms. The quantitative estimate of drug-likeness (QED) is 0.520. The molecule has 6 nitrogen and oxygen atoms in total. The minimum absolute atomic E-state index is 0.152. The Bertz CT molecular complexity index is 1260. The largest absolute Gasteiger partial charge is 0.393 e. The van der Waals surface area contributed by atoms with Gasteiger partial charge in [-0.1, -0.05) is 41.9 Å². The molecular weight excluding hydrogens is 460 g/mol. The van der Waals surface area contributed by atoms with Crippen LogP contribution >= 0.6 is 11.6 Å². The van der Waals surface area contributed by atoms with E-state index in [1.807, 2.05) is 61.9 Å². The fraction of sp³-hybridized carbons (Fsp3) is 0.429. The molecule has 1 aromatic heterocycles. The Labute approximate surface area is 211 Å². The first-order valence-electron chi connectivity index (χ1n) is 12.5. The van der Waals surface area contributed by atoms with E-state index in [0.29, 0.717) is 11.9 Å². The highest BCUT2D eigenvalue weighted by Gasteiger charge is 2.31. The lowest BCUT2D eigenvalue weighted by Gasteiger charge is -2.37. The number of rotatable bonds is 4. The second-order valence-corrected chi connectivity index (χ2v) is 10.3. The standard InChI is InChI=1S/C28H33ClN4O2/c1-17-6-4-8-22(26(17)29)21-7-5-9-23(18(21)2)31-28(35)27-30-24-16-33(15-14-25(24)32(27)3)19-10-12-20(34)13-11-19/h4-9,19-20,34H,10-16H2,1-3H3,(H,31,35). The number of aryl methyl sites for hydroxylation is 1. The van der Waals surface area contributed by atoms with Gasteiger partial charge in [0, 0.05) is 49.5 Å². The molecule has 1 aliphatic heterocycles. The third-order valence-electron chi connectivity index (χ3n) is 7.73. The Kier molecular flexibility index (Phi) is 6.71. The van der Waals surface area contributed by atoms with Gasteiger partial charge in [-0.3, -0.25) is 9.69 Å². The Morgan fingerprint density at radius 2 is 1.80 bits per heavy atom. The molecule has 1 amide bonds. The summed E-state index contributed by atoms with van der Waals surface area (Å²) in [7, 11) is 1.93. The van der Waals surface area contributed by atoms with Gasteiger partial charge in [0.1, 0.15) is 0 Å². The van der Waals surface area contributed by atoms with Crippen LogP contribution in [0.4, 0.5) is 5.69 Å². The number of halogens is 1. The average Bonchev–Trinajstić information content (AvgIpc) is 3.19. The van der Waals surface area contributed by atoms with Gasteiger partial charge in [-0.05, 0) is 62.3 Å². The second-order valence-electron chi connectivity index (χ2n) is 9.94. The van der Waals surface area contributed by atoms with Gasteiger partial charge in [-0.15, -0.1) is 0 Å². The van der Waals surface area contributed by atoms with Crippen molar-refractivity contribution >= 4 is 23.2 Å². The third kappa shape index (κ3) is 4.63. The number of carbonyl (C=O) groups excluding carboxylic acids is 1. The Morgan fingerprint density at radius 3 is 2.57 bits per heavy atom.